The van der Waals surface area contributed by atoms with E-state index in [1.165, 1.54) is 31.1 Å². The van der Waals surface area contributed by atoms with Crippen LogP contribution in [0.3, 0.4) is 0 Å². The maximum atomic E-state index is 5.33. The number of nitrogens with zero attached hydrogens (tertiary/aromatic N) is 1. The van der Waals surface area contributed by atoms with Crippen molar-refractivity contribution >= 4 is 42.4 Å². The Labute approximate surface area is 120 Å². The lowest BCUT2D eigenvalue weighted by atomic mass is 10.1. The number of ether oxygens (including phenoxy) is 1. The smallest absolute Gasteiger partial charge is 0.212 e. The van der Waals surface area contributed by atoms with Crippen LogP contribution in [0.15, 0.2) is 48.7 Å². The Kier molecular flexibility index (Phi) is 2.44. The third kappa shape index (κ3) is 1.53. The van der Waals surface area contributed by atoms with Gasteiger partial charge in [-0.25, -0.2) is 0 Å². The Morgan fingerprint density at radius 1 is 1.00 bits per heavy atom. The van der Waals surface area contributed by atoms with Crippen LogP contribution in [0.25, 0.3) is 31.1 Å². The second-order valence-electron chi connectivity index (χ2n) is 4.96. The van der Waals surface area contributed by atoms with Crippen LogP contribution in [-0.2, 0) is 7.05 Å². The molecule has 0 bridgehead atoms. The molecule has 4 rings (SSSR count). The normalized spacial score (nSPS) is 11.5. The van der Waals surface area contributed by atoms with E-state index in [9.17, 15) is 0 Å². The minimum absolute atomic E-state index is 0.915. The Morgan fingerprint density at radius 2 is 1.85 bits per heavy atom. The highest BCUT2D eigenvalue weighted by Gasteiger charge is 2.15. The van der Waals surface area contributed by atoms with Gasteiger partial charge in [-0.1, -0.05) is 12.1 Å². The van der Waals surface area contributed by atoms with Crippen molar-refractivity contribution in [2.45, 2.75) is 0 Å². The Balaban J connectivity index is 2.25. The van der Waals surface area contributed by atoms with Gasteiger partial charge in [0.2, 0.25) is 5.52 Å². The summed E-state index contributed by atoms with van der Waals surface area (Å²) in [5.41, 5.74) is 1.26. The van der Waals surface area contributed by atoms with Gasteiger partial charge in [-0.2, -0.15) is 4.57 Å². The van der Waals surface area contributed by atoms with Gasteiger partial charge in [0.1, 0.15) is 17.5 Å². The molecule has 4 aromatic rings. The number of hydrogen-bond donors (Lipinski definition) is 0. The van der Waals surface area contributed by atoms with Crippen molar-refractivity contribution in [1.82, 2.24) is 0 Å². The second-order valence-corrected chi connectivity index (χ2v) is 6.04. The fraction of sp³-hybridized carbons (Fsp3) is 0.118. The number of para-hydroxylation sites is 1. The van der Waals surface area contributed by atoms with Crippen LogP contribution in [0, 0.1) is 0 Å². The van der Waals surface area contributed by atoms with Gasteiger partial charge >= 0.3 is 0 Å². The average molecular weight is 280 g/mol. The summed E-state index contributed by atoms with van der Waals surface area (Å²) in [5, 5.41) is 3.97. The Bertz CT molecular complexity index is 955. The molecule has 0 atom stereocenters. The summed E-state index contributed by atoms with van der Waals surface area (Å²) < 4.78 is 10.1. The van der Waals surface area contributed by atoms with Crippen molar-refractivity contribution in [1.29, 1.82) is 0 Å². The number of benzene rings is 2. The van der Waals surface area contributed by atoms with Crippen molar-refractivity contribution in [2.24, 2.45) is 7.05 Å². The highest BCUT2D eigenvalue weighted by Crippen LogP contribution is 2.38. The lowest BCUT2D eigenvalue weighted by Crippen LogP contribution is -2.27. The van der Waals surface area contributed by atoms with E-state index in [0.717, 1.165) is 5.75 Å². The molecule has 0 aliphatic heterocycles. The first-order valence-electron chi connectivity index (χ1n) is 6.55. The fourth-order valence-electron chi connectivity index (χ4n) is 2.83. The topological polar surface area (TPSA) is 13.1 Å². The van der Waals surface area contributed by atoms with E-state index < -0.39 is 0 Å². The van der Waals surface area contributed by atoms with Gasteiger partial charge < -0.3 is 4.74 Å². The largest absolute Gasteiger partial charge is 0.497 e. The number of methoxy groups -OCH3 is 1. The predicted molar refractivity (Wildman–Crippen MR) is 84.6 cm³/mol. The first-order chi connectivity index (χ1) is 9.78. The SMILES string of the molecule is COc1ccc2c(c1)sc1c[n+](C)c3ccccc3c12. The molecular formula is C17H14NOS+. The van der Waals surface area contributed by atoms with E-state index in [0.29, 0.717) is 0 Å². The summed E-state index contributed by atoms with van der Waals surface area (Å²) in [6, 6.07) is 14.9. The molecule has 98 valence electrons. The van der Waals surface area contributed by atoms with E-state index in [2.05, 4.69) is 54.2 Å². The summed E-state index contributed by atoms with van der Waals surface area (Å²) in [6.07, 6.45) is 2.22. The molecule has 0 saturated carbocycles. The molecule has 0 saturated heterocycles. The van der Waals surface area contributed by atoms with Gasteiger partial charge in [0.05, 0.1) is 12.5 Å². The molecule has 2 nitrogen and oxygen atoms in total. The molecule has 0 spiro atoms. The highest BCUT2D eigenvalue weighted by atomic mass is 32.1. The van der Waals surface area contributed by atoms with Crippen molar-refractivity contribution in [3.05, 3.63) is 48.7 Å². The number of rotatable bonds is 1. The van der Waals surface area contributed by atoms with Crippen LogP contribution in [-0.4, -0.2) is 7.11 Å². The predicted octanol–water partition coefficient (Wildman–Crippen LogP) is 4.04. The number of pyridine rings is 1. The van der Waals surface area contributed by atoms with Crippen LogP contribution in [0.1, 0.15) is 0 Å². The van der Waals surface area contributed by atoms with E-state index in [4.69, 9.17) is 4.74 Å². The monoisotopic (exact) mass is 280 g/mol. The zero-order chi connectivity index (χ0) is 13.7. The number of aromatic nitrogens is 1. The maximum Gasteiger partial charge on any atom is 0.212 e. The number of aryl methyl sites for hydroxylation is 1. The lowest BCUT2D eigenvalue weighted by molar-refractivity contribution is -0.643. The molecule has 0 unspecified atom stereocenters. The van der Waals surface area contributed by atoms with Crippen molar-refractivity contribution in [3.63, 3.8) is 0 Å². The molecule has 2 aromatic carbocycles. The fourth-order valence-corrected chi connectivity index (χ4v) is 4.05. The molecule has 20 heavy (non-hydrogen) atoms. The van der Waals surface area contributed by atoms with Crippen LogP contribution >= 0.6 is 11.3 Å². The average Bonchev–Trinajstić information content (AvgIpc) is 2.84. The first-order valence-corrected chi connectivity index (χ1v) is 7.37. The van der Waals surface area contributed by atoms with E-state index in [1.807, 2.05) is 17.4 Å². The minimum Gasteiger partial charge on any atom is -0.497 e. The zero-order valence-electron chi connectivity index (χ0n) is 11.4. The van der Waals surface area contributed by atoms with Crippen molar-refractivity contribution in [2.75, 3.05) is 7.11 Å². The number of fused-ring (bicyclic) bond motifs is 5. The molecule has 2 aromatic heterocycles. The van der Waals surface area contributed by atoms with Gasteiger partial charge in [-0.05, 0) is 24.3 Å². The molecule has 0 aliphatic carbocycles. The number of thiophene rings is 1. The van der Waals surface area contributed by atoms with Gasteiger partial charge in [0, 0.05) is 21.5 Å². The van der Waals surface area contributed by atoms with Crippen LogP contribution in [0.5, 0.6) is 5.75 Å². The van der Waals surface area contributed by atoms with E-state index >= 15 is 0 Å². The molecule has 2 heterocycles. The van der Waals surface area contributed by atoms with Crippen LogP contribution in [0.2, 0.25) is 0 Å². The zero-order valence-corrected chi connectivity index (χ0v) is 12.2. The standard InChI is InChI=1S/C17H14NOS/c1-18-10-16-17(12-5-3-4-6-14(12)18)13-8-7-11(19-2)9-15(13)20-16/h3-10H,1-2H3/q+1. The number of hydrogen-bond acceptors (Lipinski definition) is 2. The van der Waals surface area contributed by atoms with Gasteiger partial charge in [0.25, 0.3) is 0 Å². The van der Waals surface area contributed by atoms with Crippen molar-refractivity contribution < 1.29 is 9.30 Å². The maximum absolute atomic E-state index is 5.33. The summed E-state index contributed by atoms with van der Waals surface area (Å²) >= 11 is 1.82. The molecular weight excluding hydrogens is 266 g/mol. The van der Waals surface area contributed by atoms with Gasteiger partial charge in [0.15, 0.2) is 6.20 Å². The van der Waals surface area contributed by atoms with Crippen LogP contribution < -0.4 is 9.30 Å². The van der Waals surface area contributed by atoms with E-state index in [1.54, 1.807) is 7.11 Å². The van der Waals surface area contributed by atoms with Gasteiger partial charge in [-0.15, -0.1) is 11.3 Å². The quantitative estimate of drug-likeness (QED) is 0.480. The summed E-state index contributed by atoms with van der Waals surface area (Å²) in [5.74, 6) is 0.915. The summed E-state index contributed by atoms with van der Waals surface area (Å²) in [4.78, 5) is 0. The molecule has 0 radical (unpaired) electrons. The first kappa shape index (κ1) is 11.7. The highest BCUT2D eigenvalue weighted by molar-refractivity contribution is 7.26. The summed E-state index contributed by atoms with van der Waals surface area (Å²) in [6.45, 7) is 0. The van der Waals surface area contributed by atoms with Crippen molar-refractivity contribution in [3.8, 4) is 5.75 Å². The molecule has 0 fully saturated rings. The van der Waals surface area contributed by atoms with Crippen LogP contribution in [0.4, 0.5) is 0 Å². The molecule has 0 N–H and O–H groups in total. The Hall–Kier alpha value is -2.13. The third-order valence-electron chi connectivity index (χ3n) is 3.79. The Morgan fingerprint density at radius 3 is 2.70 bits per heavy atom. The lowest BCUT2D eigenvalue weighted by Gasteiger charge is -2.00. The van der Waals surface area contributed by atoms with Gasteiger partial charge in [-0.3, -0.25) is 0 Å². The summed E-state index contributed by atoms with van der Waals surface area (Å²) in [7, 11) is 3.82. The second kappa shape index (κ2) is 4.18. The molecule has 0 amide bonds. The molecule has 0 aliphatic rings. The van der Waals surface area contributed by atoms with E-state index in [-0.39, 0.29) is 0 Å². The third-order valence-corrected chi connectivity index (χ3v) is 4.88. The molecule has 3 heteroatoms. The minimum atomic E-state index is 0.915.